The Hall–Kier alpha value is -2.78. The molecule has 0 saturated heterocycles. The van der Waals surface area contributed by atoms with Crippen molar-refractivity contribution in [1.29, 1.82) is 0 Å². The second kappa shape index (κ2) is 8.53. The number of rotatable bonds is 5. The molecule has 0 amide bonds. The maximum absolute atomic E-state index is 6.06. The lowest BCUT2D eigenvalue weighted by Crippen LogP contribution is -2.31. The fourth-order valence-electron chi connectivity index (χ4n) is 4.16. The normalized spacial score (nSPS) is 16.1. The molecule has 0 fully saturated rings. The van der Waals surface area contributed by atoms with Crippen molar-refractivity contribution in [2.24, 2.45) is 0 Å². The Morgan fingerprint density at radius 1 is 0.967 bits per heavy atom. The van der Waals surface area contributed by atoms with E-state index in [0.29, 0.717) is 6.61 Å². The SMILES string of the molecule is COc1ccc(C2NCCc3cc(OCc4ccccc4)ccc32)cc1C(C)(C)C. The van der Waals surface area contributed by atoms with Crippen LogP contribution in [0, 0.1) is 0 Å². The maximum Gasteiger partial charge on any atom is 0.122 e. The molecule has 0 aromatic heterocycles. The van der Waals surface area contributed by atoms with Crippen molar-refractivity contribution < 1.29 is 9.47 Å². The molecule has 3 nitrogen and oxygen atoms in total. The molecule has 4 rings (SSSR count). The van der Waals surface area contributed by atoms with Gasteiger partial charge in [0.25, 0.3) is 0 Å². The fourth-order valence-corrected chi connectivity index (χ4v) is 4.16. The van der Waals surface area contributed by atoms with Crippen LogP contribution in [0.15, 0.2) is 66.7 Å². The minimum Gasteiger partial charge on any atom is -0.496 e. The summed E-state index contributed by atoms with van der Waals surface area (Å²) in [5, 5.41) is 3.70. The van der Waals surface area contributed by atoms with Gasteiger partial charge in [-0.05, 0) is 63.9 Å². The highest BCUT2D eigenvalue weighted by Crippen LogP contribution is 2.37. The molecule has 0 radical (unpaired) electrons. The van der Waals surface area contributed by atoms with Crippen molar-refractivity contribution in [2.75, 3.05) is 13.7 Å². The summed E-state index contributed by atoms with van der Waals surface area (Å²) >= 11 is 0. The molecule has 0 bridgehead atoms. The van der Waals surface area contributed by atoms with Crippen LogP contribution < -0.4 is 14.8 Å². The monoisotopic (exact) mass is 401 g/mol. The Morgan fingerprint density at radius 2 is 1.77 bits per heavy atom. The van der Waals surface area contributed by atoms with Gasteiger partial charge in [0.15, 0.2) is 0 Å². The van der Waals surface area contributed by atoms with Crippen LogP contribution in [0.3, 0.4) is 0 Å². The quantitative estimate of drug-likeness (QED) is 0.585. The van der Waals surface area contributed by atoms with Gasteiger partial charge in [0.2, 0.25) is 0 Å². The number of fused-ring (bicyclic) bond motifs is 1. The molecule has 30 heavy (non-hydrogen) atoms. The highest BCUT2D eigenvalue weighted by molar-refractivity contribution is 5.48. The molecule has 0 spiro atoms. The Kier molecular flexibility index (Phi) is 5.83. The van der Waals surface area contributed by atoms with Gasteiger partial charge in [0, 0.05) is 6.54 Å². The molecule has 1 N–H and O–H groups in total. The van der Waals surface area contributed by atoms with Gasteiger partial charge in [-0.25, -0.2) is 0 Å². The van der Waals surface area contributed by atoms with E-state index in [1.807, 2.05) is 18.2 Å². The Balaban J connectivity index is 1.60. The molecule has 1 aliphatic rings. The molecule has 156 valence electrons. The molecular formula is C27H31NO2. The first-order valence-corrected chi connectivity index (χ1v) is 10.7. The van der Waals surface area contributed by atoms with Gasteiger partial charge in [0.1, 0.15) is 18.1 Å². The van der Waals surface area contributed by atoms with Crippen molar-refractivity contribution >= 4 is 0 Å². The number of hydrogen-bond acceptors (Lipinski definition) is 3. The van der Waals surface area contributed by atoms with E-state index in [4.69, 9.17) is 9.47 Å². The van der Waals surface area contributed by atoms with Gasteiger partial charge >= 0.3 is 0 Å². The minimum atomic E-state index is 0.0218. The predicted octanol–water partition coefficient (Wildman–Crippen LogP) is 5.81. The van der Waals surface area contributed by atoms with Gasteiger partial charge < -0.3 is 14.8 Å². The van der Waals surface area contributed by atoms with E-state index in [0.717, 1.165) is 24.5 Å². The van der Waals surface area contributed by atoms with Crippen molar-refractivity contribution in [2.45, 2.75) is 45.3 Å². The van der Waals surface area contributed by atoms with Crippen molar-refractivity contribution in [1.82, 2.24) is 5.32 Å². The highest BCUT2D eigenvalue weighted by Gasteiger charge is 2.25. The first-order chi connectivity index (χ1) is 14.5. The predicted molar refractivity (Wildman–Crippen MR) is 122 cm³/mol. The van der Waals surface area contributed by atoms with Crippen LogP contribution in [-0.4, -0.2) is 13.7 Å². The fraction of sp³-hybridized carbons (Fsp3) is 0.333. The molecule has 1 heterocycles. The molecule has 1 unspecified atom stereocenters. The summed E-state index contributed by atoms with van der Waals surface area (Å²) in [5.41, 5.74) is 6.41. The summed E-state index contributed by atoms with van der Waals surface area (Å²) in [6.45, 7) is 8.24. The average molecular weight is 402 g/mol. The van der Waals surface area contributed by atoms with Gasteiger partial charge in [-0.15, -0.1) is 0 Å². The molecule has 1 atom stereocenters. The minimum absolute atomic E-state index is 0.0218. The second-order valence-corrected chi connectivity index (χ2v) is 8.98. The van der Waals surface area contributed by atoms with E-state index >= 15 is 0 Å². The number of benzene rings is 3. The van der Waals surface area contributed by atoms with Gasteiger partial charge in [-0.3, -0.25) is 0 Å². The maximum atomic E-state index is 6.06. The summed E-state index contributed by atoms with van der Waals surface area (Å²) in [6, 6.07) is 23.6. The summed E-state index contributed by atoms with van der Waals surface area (Å²) in [5.74, 6) is 1.88. The molecular weight excluding hydrogens is 370 g/mol. The zero-order valence-corrected chi connectivity index (χ0v) is 18.4. The molecule has 0 saturated carbocycles. The number of hydrogen-bond donors (Lipinski definition) is 1. The van der Waals surface area contributed by atoms with Crippen LogP contribution in [0.5, 0.6) is 11.5 Å². The van der Waals surface area contributed by atoms with Crippen LogP contribution in [-0.2, 0) is 18.4 Å². The second-order valence-electron chi connectivity index (χ2n) is 8.98. The Labute approximate surface area is 180 Å². The molecule has 0 aliphatic carbocycles. The Morgan fingerprint density at radius 3 is 2.50 bits per heavy atom. The molecule has 3 aromatic carbocycles. The summed E-state index contributed by atoms with van der Waals surface area (Å²) in [6.07, 6.45) is 1.01. The van der Waals surface area contributed by atoms with Crippen molar-refractivity contribution in [3.05, 3.63) is 94.5 Å². The number of methoxy groups -OCH3 is 1. The van der Waals surface area contributed by atoms with Crippen molar-refractivity contribution in [3.8, 4) is 11.5 Å². The van der Waals surface area contributed by atoms with Gasteiger partial charge in [-0.1, -0.05) is 63.2 Å². The first-order valence-electron chi connectivity index (χ1n) is 10.7. The first kappa shape index (κ1) is 20.5. The zero-order chi connectivity index (χ0) is 21.1. The Bertz CT molecular complexity index is 1010. The zero-order valence-electron chi connectivity index (χ0n) is 18.4. The molecule has 1 aliphatic heterocycles. The number of nitrogens with one attached hydrogen (secondary N) is 1. The average Bonchev–Trinajstić information content (AvgIpc) is 2.76. The van der Waals surface area contributed by atoms with Crippen LogP contribution in [0.2, 0.25) is 0 Å². The van der Waals surface area contributed by atoms with E-state index in [9.17, 15) is 0 Å². The van der Waals surface area contributed by atoms with E-state index in [1.54, 1.807) is 7.11 Å². The van der Waals surface area contributed by atoms with Crippen molar-refractivity contribution in [3.63, 3.8) is 0 Å². The number of ether oxygens (including phenoxy) is 2. The van der Waals surface area contributed by atoms with E-state index < -0.39 is 0 Å². The molecule has 3 aromatic rings. The van der Waals surface area contributed by atoms with E-state index in [2.05, 4.69) is 74.6 Å². The lowest BCUT2D eigenvalue weighted by molar-refractivity contribution is 0.305. The van der Waals surface area contributed by atoms with E-state index in [-0.39, 0.29) is 11.5 Å². The largest absolute Gasteiger partial charge is 0.496 e. The van der Waals surface area contributed by atoms with Crippen LogP contribution in [0.25, 0.3) is 0 Å². The third kappa shape index (κ3) is 4.36. The summed E-state index contributed by atoms with van der Waals surface area (Å²) < 4.78 is 11.7. The van der Waals surface area contributed by atoms with Crippen LogP contribution >= 0.6 is 0 Å². The third-order valence-electron chi connectivity index (χ3n) is 5.78. The lowest BCUT2D eigenvalue weighted by Gasteiger charge is -2.30. The van der Waals surface area contributed by atoms with Crippen LogP contribution in [0.1, 0.15) is 54.6 Å². The van der Waals surface area contributed by atoms with Gasteiger partial charge in [0.05, 0.1) is 13.2 Å². The lowest BCUT2D eigenvalue weighted by atomic mass is 9.82. The highest BCUT2D eigenvalue weighted by atomic mass is 16.5. The van der Waals surface area contributed by atoms with Crippen LogP contribution in [0.4, 0.5) is 0 Å². The summed E-state index contributed by atoms with van der Waals surface area (Å²) in [4.78, 5) is 0. The summed E-state index contributed by atoms with van der Waals surface area (Å²) in [7, 11) is 1.75. The molecule has 3 heteroatoms. The third-order valence-corrected chi connectivity index (χ3v) is 5.78. The smallest absolute Gasteiger partial charge is 0.122 e. The van der Waals surface area contributed by atoms with Gasteiger partial charge in [-0.2, -0.15) is 0 Å². The van der Waals surface area contributed by atoms with E-state index in [1.165, 1.54) is 27.8 Å². The topological polar surface area (TPSA) is 30.5 Å². The standard InChI is InChI=1S/C27H31NO2/c1-27(2,3)24-17-21(10-13-25(24)29-4)26-23-12-11-22(16-20(23)14-15-28-26)30-18-19-8-6-5-7-9-19/h5-13,16-17,26,28H,14-15,18H2,1-4H3.